The van der Waals surface area contributed by atoms with Crippen LogP contribution in [-0.4, -0.2) is 36.6 Å². The number of ether oxygens (including phenoxy) is 1. The number of carbonyl (C=O) groups excluding carboxylic acids is 1. The van der Waals surface area contributed by atoms with Crippen molar-refractivity contribution in [2.45, 2.75) is 6.92 Å². The van der Waals surface area contributed by atoms with E-state index in [9.17, 15) is 13.6 Å². The van der Waals surface area contributed by atoms with Gasteiger partial charge in [-0.25, -0.2) is 13.8 Å². The molecule has 0 aliphatic carbocycles. The minimum absolute atomic E-state index is 0.254. The Labute approximate surface area is 120 Å². The van der Waals surface area contributed by atoms with Crippen LogP contribution in [0.4, 0.5) is 14.6 Å². The Morgan fingerprint density at radius 3 is 2.57 bits per heavy atom. The molecule has 0 aliphatic rings. The first kappa shape index (κ1) is 15.1. The third-order valence-electron chi connectivity index (χ3n) is 3.11. The summed E-state index contributed by atoms with van der Waals surface area (Å²) in [5.74, 6) is -2.15. The highest BCUT2D eigenvalue weighted by Gasteiger charge is 2.17. The second-order valence-electron chi connectivity index (χ2n) is 4.79. The normalized spacial score (nSPS) is 12.2. The van der Waals surface area contributed by atoms with Gasteiger partial charge >= 0.3 is 5.97 Å². The number of aromatic nitrogens is 2. The molecular formula is C14H15F2N3O2. The fraction of sp³-hybridized carbons (Fsp3) is 0.357. The molecule has 0 aliphatic heterocycles. The average Bonchev–Trinajstić information content (AvgIpc) is 2.46. The van der Waals surface area contributed by atoms with E-state index < -0.39 is 11.6 Å². The van der Waals surface area contributed by atoms with E-state index in [2.05, 4.69) is 14.7 Å². The fourth-order valence-corrected chi connectivity index (χ4v) is 1.96. The molecular weight excluding hydrogens is 280 g/mol. The van der Waals surface area contributed by atoms with Gasteiger partial charge in [0.1, 0.15) is 5.82 Å². The van der Waals surface area contributed by atoms with Crippen LogP contribution >= 0.6 is 0 Å². The van der Waals surface area contributed by atoms with Gasteiger partial charge in [-0.2, -0.15) is 0 Å². The molecule has 2 aromatic rings. The molecule has 5 nitrogen and oxygen atoms in total. The van der Waals surface area contributed by atoms with Crippen molar-refractivity contribution in [2.75, 3.05) is 25.6 Å². The Morgan fingerprint density at radius 1 is 1.33 bits per heavy atom. The summed E-state index contributed by atoms with van der Waals surface area (Å²) in [4.78, 5) is 21.4. The van der Waals surface area contributed by atoms with Crippen LogP contribution in [0.3, 0.4) is 0 Å². The van der Waals surface area contributed by atoms with Crippen LogP contribution in [-0.2, 0) is 9.53 Å². The predicted octanol–water partition coefficient (Wildman–Crippen LogP) is 2.15. The number of rotatable bonds is 4. The molecule has 112 valence electrons. The summed E-state index contributed by atoms with van der Waals surface area (Å²) in [7, 11) is 3.06. The van der Waals surface area contributed by atoms with Gasteiger partial charge in [0.15, 0.2) is 11.6 Å². The molecule has 7 heteroatoms. The van der Waals surface area contributed by atoms with E-state index in [0.717, 1.165) is 12.1 Å². The summed E-state index contributed by atoms with van der Waals surface area (Å²) in [5.41, 5.74) is 0.524. The number of methoxy groups -OCH3 is 1. The Balaban J connectivity index is 2.26. The van der Waals surface area contributed by atoms with Crippen LogP contribution < -0.4 is 4.90 Å². The van der Waals surface area contributed by atoms with E-state index in [1.807, 2.05) is 0 Å². The first-order valence-corrected chi connectivity index (χ1v) is 6.33. The van der Waals surface area contributed by atoms with E-state index >= 15 is 0 Å². The Kier molecular flexibility index (Phi) is 4.30. The second kappa shape index (κ2) is 5.99. The highest BCUT2D eigenvalue weighted by Crippen LogP contribution is 2.18. The maximum absolute atomic E-state index is 13.2. The third kappa shape index (κ3) is 3.24. The van der Waals surface area contributed by atoms with Gasteiger partial charge in [0.05, 0.1) is 30.3 Å². The van der Waals surface area contributed by atoms with Crippen molar-refractivity contribution >= 4 is 22.8 Å². The predicted molar refractivity (Wildman–Crippen MR) is 73.9 cm³/mol. The molecule has 0 bridgehead atoms. The highest BCUT2D eigenvalue weighted by atomic mass is 19.2. The first-order chi connectivity index (χ1) is 9.92. The van der Waals surface area contributed by atoms with E-state index in [0.29, 0.717) is 12.4 Å². The standard InChI is InChI=1S/C14H15F2N3O2/c1-8(14(20)21-3)7-19(2)13-6-17-11-4-9(15)10(16)5-12(11)18-13/h4-6,8H,7H2,1-3H3/t8-/m0/s1. The monoisotopic (exact) mass is 295 g/mol. The van der Waals surface area contributed by atoms with E-state index in [1.54, 1.807) is 18.9 Å². The van der Waals surface area contributed by atoms with Crippen LogP contribution in [0.25, 0.3) is 11.0 Å². The van der Waals surface area contributed by atoms with E-state index in [-0.39, 0.29) is 22.9 Å². The summed E-state index contributed by atoms with van der Waals surface area (Å²) in [6.07, 6.45) is 1.45. The molecule has 0 fully saturated rings. The molecule has 1 aromatic heterocycles. The van der Waals surface area contributed by atoms with Gasteiger partial charge in [-0.15, -0.1) is 0 Å². The third-order valence-corrected chi connectivity index (χ3v) is 3.11. The van der Waals surface area contributed by atoms with Crippen LogP contribution in [0, 0.1) is 17.6 Å². The summed E-state index contributed by atoms with van der Waals surface area (Å²) in [5, 5.41) is 0. The number of nitrogens with zero attached hydrogens (tertiary/aromatic N) is 3. The van der Waals surface area contributed by atoms with Gasteiger partial charge in [-0.3, -0.25) is 9.78 Å². The number of hydrogen-bond acceptors (Lipinski definition) is 5. The zero-order valence-electron chi connectivity index (χ0n) is 11.9. The Morgan fingerprint density at radius 2 is 1.95 bits per heavy atom. The van der Waals surface area contributed by atoms with Gasteiger partial charge in [-0.05, 0) is 0 Å². The number of hydrogen-bond donors (Lipinski definition) is 0. The number of benzene rings is 1. The number of halogens is 2. The van der Waals surface area contributed by atoms with Gasteiger partial charge < -0.3 is 9.64 Å². The lowest BCUT2D eigenvalue weighted by atomic mass is 10.2. The highest BCUT2D eigenvalue weighted by molar-refractivity contribution is 5.76. The van der Waals surface area contributed by atoms with Gasteiger partial charge in [0.2, 0.25) is 0 Å². The number of anilines is 1. The number of esters is 1. The summed E-state index contributed by atoms with van der Waals surface area (Å²) < 4.78 is 31.0. The zero-order valence-corrected chi connectivity index (χ0v) is 11.9. The molecule has 0 N–H and O–H groups in total. The van der Waals surface area contributed by atoms with Crippen molar-refractivity contribution in [2.24, 2.45) is 5.92 Å². The molecule has 0 saturated carbocycles. The van der Waals surface area contributed by atoms with E-state index in [4.69, 9.17) is 0 Å². The molecule has 21 heavy (non-hydrogen) atoms. The van der Waals surface area contributed by atoms with Crippen molar-refractivity contribution in [3.8, 4) is 0 Å². The number of fused-ring (bicyclic) bond motifs is 1. The van der Waals surface area contributed by atoms with Crippen molar-refractivity contribution in [3.05, 3.63) is 30.0 Å². The SMILES string of the molecule is COC(=O)[C@@H](C)CN(C)c1cnc2cc(F)c(F)cc2n1. The van der Waals surface area contributed by atoms with Crippen LogP contribution in [0.5, 0.6) is 0 Å². The average molecular weight is 295 g/mol. The molecule has 1 atom stereocenters. The van der Waals surface area contributed by atoms with Crippen molar-refractivity contribution in [1.29, 1.82) is 0 Å². The molecule has 1 aromatic carbocycles. The van der Waals surface area contributed by atoms with Crippen LogP contribution in [0.1, 0.15) is 6.92 Å². The lowest BCUT2D eigenvalue weighted by molar-refractivity contribution is -0.144. The topological polar surface area (TPSA) is 55.3 Å². The maximum atomic E-state index is 13.2. The quantitative estimate of drug-likeness (QED) is 0.809. The summed E-state index contributed by atoms with van der Waals surface area (Å²) in [6, 6.07) is 2.00. The zero-order chi connectivity index (χ0) is 15.6. The lowest BCUT2D eigenvalue weighted by Crippen LogP contribution is -2.29. The van der Waals surface area contributed by atoms with E-state index in [1.165, 1.54) is 13.3 Å². The molecule has 2 rings (SSSR count). The maximum Gasteiger partial charge on any atom is 0.310 e. The fourth-order valence-electron chi connectivity index (χ4n) is 1.96. The van der Waals surface area contributed by atoms with Crippen molar-refractivity contribution in [3.63, 3.8) is 0 Å². The Hall–Kier alpha value is -2.31. The lowest BCUT2D eigenvalue weighted by Gasteiger charge is -2.21. The molecule has 0 amide bonds. The van der Waals surface area contributed by atoms with Crippen molar-refractivity contribution in [1.82, 2.24) is 9.97 Å². The summed E-state index contributed by atoms with van der Waals surface area (Å²) >= 11 is 0. The molecule has 0 unspecified atom stereocenters. The second-order valence-corrected chi connectivity index (χ2v) is 4.79. The molecule has 1 heterocycles. The Bertz CT molecular complexity index is 679. The van der Waals surface area contributed by atoms with Gasteiger partial charge in [-0.1, -0.05) is 6.92 Å². The minimum Gasteiger partial charge on any atom is -0.469 e. The van der Waals surface area contributed by atoms with Gasteiger partial charge in [0, 0.05) is 25.7 Å². The minimum atomic E-state index is -0.973. The van der Waals surface area contributed by atoms with Crippen LogP contribution in [0.15, 0.2) is 18.3 Å². The smallest absolute Gasteiger partial charge is 0.310 e. The molecule has 0 radical (unpaired) electrons. The number of carbonyl (C=O) groups is 1. The van der Waals surface area contributed by atoms with Gasteiger partial charge in [0.25, 0.3) is 0 Å². The van der Waals surface area contributed by atoms with Crippen molar-refractivity contribution < 1.29 is 18.3 Å². The summed E-state index contributed by atoms with van der Waals surface area (Å²) in [6.45, 7) is 2.10. The molecule has 0 saturated heterocycles. The van der Waals surface area contributed by atoms with Crippen LogP contribution in [0.2, 0.25) is 0 Å². The first-order valence-electron chi connectivity index (χ1n) is 6.33. The largest absolute Gasteiger partial charge is 0.469 e. The molecule has 0 spiro atoms.